The molecule has 21 heavy (non-hydrogen) atoms. The number of carbonyl (C=O) groups is 1. The van der Waals surface area contributed by atoms with Gasteiger partial charge in [0.2, 0.25) is 11.7 Å². The standard InChI is InChI=1S/C11H14FN3O5S/c1-7(2)14(6-10(13)16)21(19,20)9-5-3-4-8(12)11(9)15(17)18/h3-5,7H,6H2,1-2H3,(H2,13,16). The molecule has 0 atom stereocenters. The largest absolute Gasteiger partial charge is 0.369 e. The van der Waals surface area contributed by atoms with E-state index in [-0.39, 0.29) is 0 Å². The number of amides is 1. The monoisotopic (exact) mass is 319 g/mol. The van der Waals surface area contributed by atoms with Crippen LogP contribution in [-0.4, -0.2) is 36.1 Å². The van der Waals surface area contributed by atoms with Gasteiger partial charge in [0.1, 0.15) is 0 Å². The van der Waals surface area contributed by atoms with Crippen molar-refractivity contribution in [3.05, 3.63) is 34.1 Å². The molecule has 2 N–H and O–H groups in total. The molecule has 0 fully saturated rings. The first-order valence-corrected chi connectivity index (χ1v) is 7.26. The van der Waals surface area contributed by atoms with Gasteiger partial charge in [0.05, 0.1) is 11.5 Å². The van der Waals surface area contributed by atoms with Crippen molar-refractivity contribution in [1.82, 2.24) is 4.31 Å². The van der Waals surface area contributed by atoms with Crippen molar-refractivity contribution in [3.8, 4) is 0 Å². The Hall–Kier alpha value is -2.07. The van der Waals surface area contributed by atoms with E-state index in [0.29, 0.717) is 4.31 Å². The second kappa shape index (κ2) is 6.14. The summed E-state index contributed by atoms with van der Waals surface area (Å²) in [6.45, 7) is 2.27. The van der Waals surface area contributed by atoms with Crippen molar-refractivity contribution in [2.75, 3.05) is 6.54 Å². The number of para-hydroxylation sites is 1. The van der Waals surface area contributed by atoms with E-state index in [1.54, 1.807) is 0 Å². The average molecular weight is 319 g/mol. The Morgan fingerprint density at radius 1 is 1.48 bits per heavy atom. The Balaban J connectivity index is 3.52. The maximum Gasteiger partial charge on any atom is 0.324 e. The Kier molecular flexibility index (Phi) is 4.97. The van der Waals surface area contributed by atoms with Crippen molar-refractivity contribution < 1.29 is 22.5 Å². The number of hydrogen-bond donors (Lipinski definition) is 1. The van der Waals surface area contributed by atoms with Crippen LogP contribution in [0.4, 0.5) is 10.1 Å². The van der Waals surface area contributed by atoms with E-state index in [1.807, 2.05) is 0 Å². The topological polar surface area (TPSA) is 124 Å². The fourth-order valence-electron chi connectivity index (χ4n) is 1.71. The van der Waals surface area contributed by atoms with Crippen LogP contribution in [0.2, 0.25) is 0 Å². The quantitative estimate of drug-likeness (QED) is 0.608. The van der Waals surface area contributed by atoms with Gasteiger partial charge in [0, 0.05) is 6.04 Å². The van der Waals surface area contributed by atoms with Gasteiger partial charge in [-0.25, -0.2) is 8.42 Å². The predicted molar refractivity (Wildman–Crippen MR) is 71.3 cm³/mol. The number of rotatable bonds is 6. The molecular weight excluding hydrogens is 305 g/mol. The zero-order valence-electron chi connectivity index (χ0n) is 11.3. The maximum atomic E-state index is 13.5. The van der Waals surface area contributed by atoms with Gasteiger partial charge in [-0.1, -0.05) is 6.07 Å². The number of nitrogens with two attached hydrogens (primary N) is 1. The molecule has 0 heterocycles. The van der Waals surface area contributed by atoms with Crippen molar-refractivity contribution in [3.63, 3.8) is 0 Å². The number of hydrogen-bond acceptors (Lipinski definition) is 5. The highest BCUT2D eigenvalue weighted by atomic mass is 32.2. The second-order valence-corrected chi connectivity index (χ2v) is 6.31. The van der Waals surface area contributed by atoms with Crippen LogP contribution >= 0.6 is 0 Å². The van der Waals surface area contributed by atoms with Gasteiger partial charge in [0.15, 0.2) is 4.90 Å². The molecule has 0 saturated carbocycles. The van der Waals surface area contributed by atoms with Gasteiger partial charge in [-0.15, -0.1) is 0 Å². The van der Waals surface area contributed by atoms with Crippen LogP contribution in [0, 0.1) is 15.9 Å². The van der Waals surface area contributed by atoms with E-state index in [1.165, 1.54) is 13.8 Å². The lowest BCUT2D eigenvalue weighted by atomic mass is 10.3. The number of primary amides is 1. The molecule has 0 aliphatic carbocycles. The smallest absolute Gasteiger partial charge is 0.324 e. The number of halogens is 1. The van der Waals surface area contributed by atoms with E-state index in [9.17, 15) is 27.7 Å². The van der Waals surface area contributed by atoms with Gasteiger partial charge in [-0.2, -0.15) is 8.70 Å². The lowest BCUT2D eigenvalue weighted by molar-refractivity contribution is -0.390. The molecule has 1 amide bonds. The molecule has 0 aromatic heterocycles. The first-order valence-electron chi connectivity index (χ1n) is 5.82. The second-order valence-electron chi connectivity index (χ2n) is 4.45. The predicted octanol–water partition coefficient (Wildman–Crippen LogP) is 0.618. The summed E-state index contributed by atoms with van der Waals surface area (Å²) < 4.78 is 39.1. The van der Waals surface area contributed by atoms with E-state index in [0.717, 1.165) is 18.2 Å². The van der Waals surface area contributed by atoms with Crippen LogP contribution in [0.15, 0.2) is 23.1 Å². The third-order valence-electron chi connectivity index (χ3n) is 2.61. The highest BCUT2D eigenvalue weighted by molar-refractivity contribution is 7.89. The highest BCUT2D eigenvalue weighted by Crippen LogP contribution is 2.29. The van der Waals surface area contributed by atoms with Crippen LogP contribution in [0.5, 0.6) is 0 Å². The van der Waals surface area contributed by atoms with E-state index in [2.05, 4.69) is 0 Å². The Labute approximate surface area is 120 Å². The number of benzene rings is 1. The van der Waals surface area contributed by atoms with E-state index in [4.69, 9.17) is 5.73 Å². The van der Waals surface area contributed by atoms with Gasteiger partial charge < -0.3 is 5.73 Å². The molecule has 0 saturated heterocycles. The number of carbonyl (C=O) groups excluding carboxylic acids is 1. The third-order valence-corrected chi connectivity index (χ3v) is 4.66. The maximum absolute atomic E-state index is 13.5. The number of sulfonamides is 1. The lowest BCUT2D eigenvalue weighted by Gasteiger charge is -2.24. The summed E-state index contributed by atoms with van der Waals surface area (Å²) in [6, 6.07) is 2.04. The first kappa shape index (κ1) is 17.0. The SMILES string of the molecule is CC(C)N(CC(N)=O)S(=O)(=O)c1cccc(F)c1[N+](=O)[O-]. The lowest BCUT2D eigenvalue weighted by Crippen LogP contribution is -2.42. The molecule has 0 bridgehead atoms. The van der Waals surface area contributed by atoms with Crippen molar-refractivity contribution in [1.29, 1.82) is 0 Å². The molecule has 0 aliphatic rings. The molecule has 0 radical (unpaired) electrons. The molecule has 1 rings (SSSR count). The summed E-state index contributed by atoms with van der Waals surface area (Å²) in [4.78, 5) is 19.9. The van der Waals surface area contributed by atoms with Gasteiger partial charge in [-0.05, 0) is 26.0 Å². The summed E-state index contributed by atoms with van der Waals surface area (Å²) >= 11 is 0. The molecule has 1 aromatic carbocycles. The molecule has 116 valence electrons. The summed E-state index contributed by atoms with van der Waals surface area (Å²) in [5.74, 6) is -2.20. The minimum atomic E-state index is -4.44. The molecule has 8 nitrogen and oxygen atoms in total. The Morgan fingerprint density at radius 2 is 2.05 bits per heavy atom. The van der Waals surface area contributed by atoms with Crippen LogP contribution in [0.3, 0.4) is 0 Å². The van der Waals surface area contributed by atoms with Crippen molar-refractivity contribution in [2.45, 2.75) is 24.8 Å². The fraction of sp³-hybridized carbons (Fsp3) is 0.364. The van der Waals surface area contributed by atoms with Crippen LogP contribution in [-0.2, 0) is 14.8 Å². The minimum Gasteiger partial charge on any atom is -0.369 e. The zero-order valence-corrected chi connectivity index (χ0v) is 12.1. The highest BCUT2D eigenvalue weighted by Gasteiger charge is 2.35. The average Bonchev–Trinajstić information content (AvgIpc) is 2.34. The molecule has 0 spiro atoms. The van der Waals surface area contributed by atoms with Gasteiger partial charge >= 0.3 is 5.69 Å². The zero-order chi connectivity index (χ0) is 16.4. The summed E-state index contributed by atoms with van der Waals surface area (Å²) in [5.41, 5.74) is 3.82. The number of nitrogens with zero attached hydrogens (tertiary/aromatic N) is 2. The Bertz CT molecular complexity index is 674. The van der Waals surface area contributed by atoms with Gasteiger partial charge in [0.25, 0.3) is 10.0 Å². The fourth-order valence-corrected chi connectivity index (χ4v) is 3.48. The van der Waals surface area contributed by atoms with Gasteiger partial charge in [-0.3, -0.25) is 14.9 Å². The van der Waals surface area contributed by atoms with Crippen LogP contribution in [0.1, 0.15) is 13.8 Å². The minimum absolute atomic E-state index is 0.659. The summed E-state index contributed by atoms with van der Waals surface area (Å²) in [6.07, 6.45) is 0. The molecule has 0 aliphatic heterocycles. The van der Waals surface area contributed by atoms with E-state index >= 15 is 0 Å². The number of nitro benzene ring substituents is 1. The molecular formula is C11H14FN3O5S. The van der Waals surface area contributed by atoms with Crippen LogP contribution in [0.25, 0.3) is 0 Å². The van der Waals surface area contributed by atoms with Crippen molar-refractivity contribution >= 4 is 21.6 Å². The van der Waals surface area contributed by atoms with E-state index < -0.39 is 49.8 Å². The van der Waals surface area contributed by atoms with Crippen molar-refractivity contribution in [2.24, 2.45) is 5.73 Å². The normalized spacial score (nSPS) is 11.9. The molecule has 0 unspecified atom stereocenters. The number of nitro groups is 1. The van der Waals surface area contributed by atoms with Crippen LogP contribution < -0.4 is 5.73 Å². The third kappa shape index (κ3) is 3.52. The summed E-state index contributed by atoms with van der Waals surface area (Å²) in [5, 5.41) is 10.9. The summed E-state index contributed by atoms with van der Waals surface area (Å²) in [7, 11) is -4.44. The molecule has 1 aromatic rings. The Morgan fingerprint density at radius 3 is 2.48 bits per heavy atom. The molecule has 10 heteroatoms. The first-order chi connectivity index (χ1) is 9.59.